The molecule has 0 saturated carbocycles. The van der Waals surface area contributed by atoms with Crippen molar-refractivity contribution in [1.29, 1.82) is 0 Å². The standard InChI is InChI=1S/C17H15NO6/c18-16(17(19)20)15(9-1-3-11-13(5-9)23-7-21-11)10-2-4-12-14(6-10)24-8-22-12/h1-6,15-16H,7-8,18H2,(H,19,20). The maximum absolute atomic E-state index is 11.5. The molecule has 7 nitrogen and oxygen atoms in total. The Balaban J connectivity index is 1.78. The fraction of sp³-hybridized carbons (Fsp3) is 0.235. The predicted octanol–water partition coefficient (Wildman–Crippen LogP) is 1.69. The molecule has 0 bridgehead atoms. The first kappa shape index (κ1) is 14.6. The van der Waals surface area contributed by atoms with E-state index in [0.717, 1.165) is 11.1 Å². The predicted molar refractivity (Wildman–Crippen MR) is 82.6 cm³/mol. The molecule has 124 valence electrons. The zero-order valence-electron chi connectivity index (χ0n) is 12.6. The van der Waals surface area contributed by atoms with Crippen LogP contribution in [0.4, 0.5) is 0 Å². The summed E-state index contributed by atoms with van der Waals surface area (Å²) in [7, 11) is 0. The number of ether oxygens (including phenoxy) is 4. The summed E-state index contributed by atoms with van der Waals surface area (Å²) in [5, 5.41) is 9.43. The minimum absolute atomic E-state index is 0.151. The van der Waals surface area contributed by atoms with Crippen molar-refractivity contribution in [3.05, 3.63) is 47.5 Å². The quantitative estimate of drug-likeness (QED) is 0.880. The van der Waals surface area contributed by atoms with Gasteiger partial charge in [0, 0.05) is 5.92 Å². The number of aliphatic carboxylic acids is 1. The van der Waals surface area contributed by atoms with Crippen LogP contribution < -0.4 is 24.7 Å². The number of rotatable bonds is 4. The van der Waals surface area contributed by atoms with Gasteiger partial charge >= 0.3 is 5.97 Å². The van der Waals surface area contributed by atoms with E-state index in [4.69, 9.17) is 24.7 Å². The van der Waals surface area contributed by atoms with Gasteiger partial charge in [0.2, 0.25) is 13.6 Å². The zero-order chi connectivity index (χ0) is 16.7. The molecule has 2 heterocycles. The molecule has 0 aromatic heterocycles. The number of carboxylic acid groups (broad SMARTS) is 1. The molecule has 0 amide bonds. The molecule has 24 heavy (non-hydrogen) atoms. The lowest BCUT2D eigenvalue weighted by Gasteiger charge is -2.22. The SMILES string of the molecule is NC(C(=O)O)C(c1ccc2c(c1)OCO2)c1ccc2c(c1)OCO2. The van der Waals surface area contributed by atoms with Gasteiger partial charge in [-0.15, -0.1) is 0 Å². The van der Waals surface area contributed by atoms with E-state index in [2.05, 4.69) is 0 Å². The molecular formula is C17H15NO6. The number of hydrogen-bond acceptors (Lipinski definition) is 6. The number of hydrogen-bond donors (Lipinski definition) is 2. The van der Waals surface area contributed by atoms with Gasteiger partial charge in [-0.2, -0.15) is 0 Å². The van der Waals surface area contributed by atoms with Crippen molar-refractivity contribution in [3.63, 3.8) is 0 Å². The lowest BCUT2D eigenvalue weighted by Crippen LogP contribution is -2.37. The van der Waals surface area contributed by atoms with E-state index < -0.39 is 17.9 Å². The molecule has 4 rings (SSSR count). The van der Waals surface area contributed by atoms with Crippen molar-refractivity contribution in [1.82, 2.24) is 0 Å². The Kier molecular flexibility index (Phi) is 3.42. The molecule has 0 saturated heterocycles. The third-order valence-corrected chi connectivity index (χ3v) is 4.16. The van der Waals surface area contributed by atoms with Crippen molar-refractivity contribution in [3.8, 4) is 23.0 Å². The van der Waals surface area contributed by atoms with Gasteiger partial charge in [0.05, 0.1) is 0 Å². The fourth-order valence-electron chi connectivity index (χ4n) is 2.96. The second-order valence-electron chi connectivity index (χ2n) is 5.57. The normalized spacial score (nSPS) is 15.6. The monoisotopic (exact) mass is 329 g/mol. The highest BCUT2D eigenvalue weighted by Gasteiger charge is 2.30. The summed E-state index contributed by atoms with van der Waals surface area (Å²) in [6, 6.07) is 9.52. The van der Waals surface area contributed by atoms with Gasteiger partial charge in [-0.25, -0.2) is 0 Å². The second kappa shape index (κ2) is 5.61. The Morgan fingerprint density at radius 1 is 0.875 bits per heavy atom. The van der Waals surface area contributed by atoms with Crippen molar-refractivity contribution in [2.45, 2.75) is 12.0 Å². The molecule has 2 aromatic carbocycles. The summed E-state index contributed by atoms with van der Waals surface area (Å²) in [6.45, 7) is 0.303. The minimum atomic E-state index is -1.12. The van der Waals surface area contributed by atoms with Gasteiger partial charge in [-0.05, 0) is 35.4 Å². The van der Waals surface area contributed by atoms with Crippen molar-refractivity contribution in [2.75, 3.05) is 13.6 Å². The van der Waals surface area contributed by atoms with E-state index >= 15 is 0 Å². The molecule has 3 N–H and O–H groups in total. The molecule has 2 aromatic rings. The average Bonchev–Trinajstić information content (AvgIpc) is 3.22. The van der Waals surface area contributed by atoms with Crippen molar-refractivity contribution < 1.29 is 28.8 Å². The van der Waals surface area contributed by atoms with Crippen LogP contribution in [0.3, 0.4) is 0 Å². The summed E-state index contributed by atoms with van der Waals surface area (Å²) in [5.41, 5.74) is 7.43. The topological polar surface area (TPSA) is 100 Å². The van der Waals surface area contributed by atoms with Crippen LogP contribution in [0.25, 0.3) is 0 Å². The molecule has 1 unspecified atom stereocenters. The highest BCUT2D eigenvalue weighted by atomic mass is 16.7. The summed E-state index contributed by atoms with van der Waals surface area (Å²) >= 11 is 0. The van der Waals surface area contributed by atoms with Crippen LogP contribution in [-0.4, -0.2) is 30.7 Å². The van der Waals surface area contributed by atoms with E-state index in [1.54, 1.807) is 36.4 Å². The number of nitrogens with two attached hydrogens (primary N) is 1. The number of fused-ring (bicyclic) bond motifs is 2. The molecule has 2 aliphatic rings. The van der Waals surface area contributed by atoms with Gasteiger partial charge in [0.25, 0.3) is 0 Å². The average molecular weight is 329 g/mol. The zero-order valence-corrected chi connectivity index (χ0v) is 12.6. The van der Waals surface area contributed by atoms with Gasteiger partial charge in [-0.3, -0.25) is 4.79 Å². The van der Waals surface area contributed by atoms with Gasteiger partial charge in [0.15, 0.2) is 23.0 Å². The molecule has 0 fully saturated rings. The maximum atomic E-state index is 11.5. The van der Waals surface area contributed by atoms with Gasteiger partial charge in [-0.1, -0.05) is 12.1 Å². The number of carboxylic acids is 1. The van der Waals surface area contributed by atoms with Crippen molar-refractivity contribution in [2.24, 2.45) is 5.73 Å². The number of benzene rings is 2. The summed E-state index contributed by atoms with van der Waals surface area (Å²) in [5.74, 6) is 0.771. The largest absolute Gasteiger partial charge is 0.480 e. The van der Waals surface area contributed by atoms with Gasteiger partial charge < -0.3 is 29.8 Å². The Morgan fingerprint density at radius 2 is 1.33 bits per heavy atom. The first-order valence-corrected chi connectivity index (χ1v) is 7.41. The Hall–Kier alpha value is -2.93. The first-order valence-electron chi connectivity index (χ1n) is 7.41. The summed E-state index contributed by atoms with van der Waals surface area (Å²) in [6.07, 6.45) is 0. The Morgan fingerprint density at radius 3 is 1.79 bits per heavy atom. The third kappa shape index (κ3) is 2.39. The molecule has 0 radical (unpaired) electrons. The lowest BCUT2D eigenvalue weighted by molar-refractivity contribution is -0.138. The van der Waals surface area contributed by atoms with Crippen LogP contribution in [0.2, 0.25) is 0 Å². The van der Waals surface area contributed by atoms with E-state index in [1.165, 1.54) is 0 Å². The van der Waals surface area contributed by atoms with Crippen LogP contribution in [-0.2, 0) is 4.79 Å². The lowest BCUT2D eigenvalue weighted by atomic mass is 9.85. The molecule has 0 aliphatic carbocycles. The van der Waals surface area contributed by atoms with Crippen LogP contribution in [0, 0.1) is 0 Å². The van der Waals surface area contributed by atoms with Crippen LogP contribution >= 0.6 is 0 Å². The molecular weight excluding hydrogens is 314 g/mol. The first-order chi connectivity index (χ1) is 11.6. The second-order valence-corrected chi connectivity index (χ2v) is 5.57. The molecule has 0 spiro atoms. The van der Waals surface area contributed by atoms with E-state index in [0.29, 0.717) is 23.0 Å². The maximum Gasteiger partial charge on any atom is 0.321 e. The minimum Gasteiger partial charge on any atom is -0.480 e. The fourth-order valence-corrected chi connectivity index (χ4v) is 2.96. The smallest absolute Gasteiger partial charge is 0.321 e. The van der Waals surface area contributed by atoms with Crippen LogP contribution in [0.1, 0.15) is 17.0 Å². The Bertz CT molecular complexity index is 748. The van der Waals surface area contributed by atoms with Gasteiger partial charge in [0.1, 0.15) is 6.04 Å². The highest BCUT2D eigenvalue weighted by molar-refractivity contribution is 5.76. The summed E-state index contributed by atoms with van der Waals surface area (Å²) < 4.78 is 21.4. The molecule has 2 aliphatic heterocycles. The molecule has 7 heteroatoms. The number of carbonyl (C=O) groups is 1. The summed E-state index contributed by atoms with van der Waals surface area (Å²) in [4.78, 5) is 11.5. The van der Waals surface area contributed by atoms with E-state index in [1.807, 2.05) is 0 Å². The van der Waals surface area contributed by atoms with E-state index in [-0.39, 0.29) is 13.6 Å². The van der Waals surface area contributed by atoms with E-state index in [9.17, 15) is 9.90 Å². The van der Waals surface area contributed by atoms with Crippen molar-refractivity contribution >= 4 is 5.97 Å². The van der Waals surface area contributed by atoms with Crippen LogP contribution in [0.15, 0.2) is 36.4 Å². The third-order valence-electron chi connectivity index (χ3n) is 4.16. The molecule has 1 atom stereocenters. The highest BCUT2D eigenvalue weighted by Crippen LogP contribution is 2.40. The van der Waals surface area contributed by atoms with Crippen LogP contribution in [0.5, 0.6) is 23.0 Å². The Labute approximate surface area is 137 Å².